The number of H-pyrrole nitrogens is 1. The van der Waals surface area contributed by atoms with E-state index in [0.29, 0.717) is 0 Å². The molecular weight excluding hydrogens is 84.0 g/mol. The van der Waals surface area contributed by atoms with Crippen LogP contribution in [-0.2, 0) is 0 Å². The molecule has 0 aliphatic rings. The van der Waals surface area contributed by atoms with Crippen LogP contribution in [0.5, 0.6) is 0 Å². The van der Waals surface area contributed by atoms with E-state index in [9.17, 15) is 0 Å². The third-order valence-corrected chi connectivity index (χ3v) is 0.919. The van der Waals surface area contributed by atoms with Crippen LogP contribution in [0.4, 0.5) is 0 Å². The van der Waals surface area contributed by atoms with Crippen LogP contribution < -0.4 is 0 Å². The van der Waals surface area contributed by atoms with Crippen LogP contribution in [0, 0.1) is 0 Å². The van der Waals surface area contributed by atoms with Crippen LogP contribution >= 0.6 is 18.7 Å². The molecule has 0 saturated heterocycles. The second-order valence-electron chi connectivity index (χ2n) is 0.306. The fourth-order valence-electron chi connectivity index (χ4n) is 0. The predicted molar refractivity (Wildman–Crippen MR) is 25.3 cm³/mol. The SMILES string of the molecule is [LiH].[nH]1[pH]s1. The normalized spacial score (nSPS) is 8.00. The Morgan fingerprint density at radius 3 is 2.00 bits per heavy atom. The van der Waals surface area contributed by atoms with Gasteiger partial charge in [-0.05, 0) is 11.1 Å². The summed E-state index contributed by atoms with van der Waals surface area (Å²) in [6, 6.07) is 0. The Bertz CT molecular complexity index is 36.1. The molecular formula is H3LiNPS. The number of aromatic amines is 1. The van der Waals surface area contributed by atoms with Crippen molar-refractivity contribution in [3.63, 3.8) is 0 Å². The van der Waals surface area contributed by atoms with Crippen molar-refractivity contribution >= 4 is 37.5 Å². The Balaban J connectivity index is 0.0000000900. The van der Waals surface area contributed by atoms with E-state index in [-0.39, 0.29) is 18.9 Å². The summed E-state index contributed by atoms with van der Waals surface area (Å²) in [7, 11) is 1.00. The maximum absolute atomic E-state index is 2.94. The third kappa shape index (κ3) is 2.92. The van der Waals surface area contributed by atoms with E-state index in [1.54, 1.807) is 11.1 Å². The minimum atomic E-state index is 0. The van der Waals surface area contributed by atoms with Crippen molar-refractivity contribution in [2.45, 2.75) is 0 Å². The van der Waals surface area contributed by atoms with Gasteiger partial charge >= 0.3 is 18.9 Å². The molecule has 1 heterocycles. The van der Waals surface area contributed by atoms with Gasteiger partial charge in [0.25, 0.3) is 0 Å². The molecule has 0 aromatic carbocycles. The van der Waals surface area contributed by atoms with Gasteiger partial charge in [0.15, 0.2) is 0 Å². The summed E-state index contributed by atoms with van der Waals surface area (Å²) in [4.78, 5) is 0. The standard InChI is InChI=1S/Li.H2NPS.H/c;1-2-3-1;/h;1-2H;. The number of aromatic nitrogens is 1. The smallest absolute Gasteiger partial charge is 0.0154 e. The first-order valence-corrected chi connectivity index (χ1v) is 3.20. The van der Waals surface area contributed by atoms with E-state index in [2.05, 4.69) is 4.14 Å². The topological polar surface area (TPSA) is 15.8 Å². The van der Waals surface area contributed by atoms with E-state index < -0.39 is 0 Å². The molecule has 4 heavy (non-hydrogen) atoms. The molecule has 0 amide bonds. The molecule has 0 radical (unpaired) electrons. The molecule has 1 aromatic heterocycles. The minimum absolute atomic E-state index is 0. The van der Waals surface area contributed by atoms with Gasteiger partial charge in [-0.1, -0.05) is 0 Å². The molecule has 0 spiro atoms. The molecule has 0 aliphatic heterocycles. The Morgan fingerprint density at radius 2 is 2.00 bits per heavy atom. The molecule has 1 rings (SSSR count). The molecule has 1 nitrogen and oxygen atoms in total. The molecule has 20 valence electrons. The van der Waals surface area contributed by atoms with Crippen molar-refractivity contribution in [2.75, 3.05) is 0 Å². The molecule has 1 aromatic rings. The number of rotatable bonds is 0. The maximum Gasteiger partial charge on any atom is 0.0154 e. The molecule has 1 unspecified atom stereocenters. The average Bonchev–Trinajstić information content (AvgIpc) is 1.46. The van der Waals surface area contributed by atoms with Gasteiger partial charge in [0, 0.05) is 7.53 Å². The molecule has 0 fully saturated rings. The summed E-state index contributed by atoms with van der Waals surface area (Å²) in [5, 5.41) is 0. The zero-order valence-electron chi connectivity index (χ0n) is 1.41. The Hall–Kier alpha value is 0.917. The van der Waals surface area contributed by atoms with Crippen LogP contribution in [0.3, 0.4) is 0 Å². The fraction of sp³-hybridized carbons (Fsp3) is 0. The summed E-state index contributed by atoms with van der Waals surface area (Å²) in [5.74, 6) is 0. The van der Waals surface area contributed by atoms with Crippen molar-refractivity contribution in [1.29, 1.82) is 0 Å². The molecule has 1 N–H and O–H groups in total. The second-order valence-corrected chi connectivity index (χ2v) is 2.76. The molecule has 4 heteroatoms. The summed E-state index contributed by atoms with van der Waals surface area (Å²) in [6.07, 6.45) is 0. The molecule has 1 atom stereocenters. The zero-order chi connectivity index (χ0) is 2.12. The van der Waals surface area contributed by atoms with Gasteiger partial charge in [-0.25, -0.2) is 0 Å². The Labute approximate surface area is 42.0 Å². The zero-order valence-corrected chi connectivity index (χ0v) is 3.22. The van der Waals surface area contributed by atoms with Gasteiger partial charge in [-0.15, -0.1) is 0 Å². The second kappa shape index (κ2) is 2.17. The average molecular weight is 87.0 g/mol. The van der Waals surface area contributed by atoms with Gasteiger partial charge < -0.3 is 0 Å². The monoisotopic (exact) mass is 87.0 g/mol. The molecule has 0 saturated carbocycles. The number of hydrogen-bond acceptors (Lipinski definition) is 1. The number of nitrogens with one attached hydrogen (secondary N) is 1. The maximum atomic E-state index is 2.94. The van der Waals surface area contributed by atoms with E-state index in [4.69, 9.17) is 0 Å². The van der Waals surface area contributed by atoms with Crippen LogP contribution in [0.2, 0.25) is 0 Å². The van der Waals surface area contributed by atoms with Crippen LogP contribution in [-0.4, -0.2) is 23.0 Å². The Morgan fingerprint density at radius 1 is 1.75 bits per heavy atom. The van der Waals surface area contributed by atoms with Gasteiger partial charge in [0.2, 0.25) is 0 Å². The quantitative estimate of drug-likeness (QED) is 0.442. The van der Waals surface area contributed by atoms with Crippen molar-refractivity contribution < 1.29 is 0 Å². The number of hydrogen-bond donors (Lipinski definition) is 1. The van der Waals surface area contributed by atoms with Crippen LogP contribution in [0.1, 0.15) is 0 Å². The summed E-state index contributed by atoms with van der Waals surface area (Å²) < 4.78 is 2.94. The minimum Gasteiger partial charge on any atom is -0.290 e. The first-order chi connectivity index (χ1) is 1.50. The first kappa shape index (κ1) is 4.92. The molecule has 0 bridgehead atoms. The third-order valence-electron chi connectivity index (χ3n) is 0.102. The van der Waals surface area contributed by atoms with Crippen molar-refractivity contribution in [1.82, 2.24) is 4.14 Å². The van der Waals surface area contributed by atoms with Crippen molar-refractivity contribution in [3.05, 3.63) is 0 Å². The first-order valence-electron chi connectivity index (χ1n) is 0.658. The van der Waals surface area contributed by atoms with Crippen LogP contribution in [0.15, 0.2) is 0 Å². The van der Waals surface area contributed by atoms with Crippen LogP contribution in [0.25, 0.3) is 0 Å². The van der Waals surface area contributed by atoms with Gasteiger partial charge in [0.05, 0.1) is 0 Å². The van der Waals surface area contributed by atoms with Gasteiger partial charge in [0.1, 0.15) is 0 Å². The van der Waals surface area contributed by atoms with E-state index in [1.807, 2.05) is 0 Å². The van der Waals surface area contributed by atoms with Gasteiger partial charge in [-0.2, -0.15) is 0 Å². The predicted octanol–water partition coefficient (Wildman–Crippen LogP) is 0.459. The summed E-state index contributed by atoms with van der Waals surface area (Å²) >= 11 is 1.78. The Kier molecular flexibility index (Phi) is 2.67. The summed E-state index contributed by atoms with van der Waals surface area (Å²) in [6.45, 7) is 0. The summed E-state index contributed by atoms with van der Waals surface area (Å²) in [5.41, 5.74) is 0. The van der Waals surface area contributed by atoms with E-state index in [1.165, 1.54) is 0 Å². The van der Waals surface area contributed by atoms with Crippen molar-refractivity contribution in [2.24, 2.45) is 0 Å². The largest absolute Gasteiger partial charge is 0.290 e. The van der Waals surface area contributed by atoms with E-state index >= 15 is 0 Å². The molecule has 0 aliphatic carbocycles. The van der Waals surface area contributed by atoms with Crippen molar-refractivity contribution in [3.8, 4) is 0 Å². The fourth-order valence-corrected chi connectivity index (χ4v) is 0. The van der Waals surface area contributed by atoms with E-state index in [0.717, 1.165) is 7.53 Å². The van der Waals surface area contributed by atoms with Gasteiger partial charge in [-0.3, -0.25) is 4.14 Å².